The summed E-state index contributed by atoms with van der Waals surface area (Å²) in [5, 5.41) is 19.3. The first-order valence-electron chi connectivity index (χ1n) is 5.69. The van der Waals surface area contributed by atoms with Crippen LogP contribution >= 0.6 is 0 Å². The van der Waals surface area contributed by atoms with Gasteiger partial charge in [-0.2, -0.15) is 0 Å². The standard InChI is InChI=1S/C11H13N5O3/c1-5-6(2-17)19-11(8(5)18)16-4-15-7-9(12)13-3-14-10(7)16/h3-4,6,8,11,17-18H,1-2H2,(H2,12,13,14)/t6-,8-,11+/m1/s1. The van der Waals surface area contributed by atoms with Crippen LogP contribution in [0.2, 0.25) is 0 Å². The summed E-state index contributed by atoms with van der Waals surface area (Å²) in [6.45, 7) is 3.48. The van der Waals surface area contributed by atoms with E-state index in [4.69, 9.17) is 15.6 Å². The topological polar surface area (TPSA) is 119 Å². The van der Waals surface area contributed by atoms with Crippen LogP contribution in [0.1, 0.15) is 6.23 Å². The van der Waals surface area contributed by atoms with Crippen molar-refractivity contribution in [3.8, 4) is 0 Å². The summed E-state index contributed by atoms with van der Waals surface area (Å²) in [7, 11) is 0. The molecule has 4 N–H and O–H groups in total. The van der Waals surface area contributed by atoms with Gasteiger partial charge < -0.3 is 20.7 Å². The Morgan fingerprint density at radius 1 is 1.42 bits per heavy atom. The lowest BCUT2D eigenvalue weighted by Crippen LogP contribution is -2.20. The lowest BCUT2D eigenvalue weighted by molar-refractivity contribution is -0.0483. The average Bonchev–Trinajstić information content (AvgIpc) is 2.94. The van der Waals surface area contributed by atoms with Crippen LogP contribution in [-0.4, -0.2) is 48.5 Å². The first-order valence-corrected chi connectivity index (χ1v) is 5.69. The van der Waals surface area contributed by atoms with E-state index in [1.54, 1.807) is 4.57 Å². The van der Waals surface area contributed by atoms with Gasteiger partial charge in [-0.3, -0.25) is 4.57 Å². The van der Waals surface area contributed by atoms with Crippen LogP contribution in [0, 0.1) is 0 Å². The second kappa shape index (κ2) is 4.26. The highest BCUT2D eigenvalue weighted by atomic mass is 16.5. The van der Waals surface area contributed by atoms with Crippen molar-refractivity contribution in [1.29, 1.82) is 0 Å². The first-order chi connectivity index (χ1) is 9.13. The van der Waals surface area contributed by atoms with Crippen LogP contribution in [-0.2, 0) is 4.74 Å². The molecule has 8 heteroatoms. The Kier molecular flexibility index (Phi) is 2.70. The molecule has 100 valence electrons. The van der Waals surface area contributed by atoms with Gasteiger partial charge in [0.2, 0.25) is 0 Å². The molecule has 0 aliphatic carbocycles. The number of ether oxygens (including phenoxy) is 1. The molecule has 1 aliphatic rings. The zero-order valence-electron chi connectivity index (χ0n) is 9.97. The number of fused-ring (bicyclic) bond motifs is 1. The van der Waals surface area contributed by atoms with Gasteiger partial charge in [-0.1, -0.05) is 6.58 Å². The Morgan fingerprint density at radius 2 is 2.21 bits per heavy atom. The smallest absolute Gasteiger partial charge is 0.167 e. The van der Waals surface area contributed by atoms with Gasteiger partial charge in [-0.25, -0.2) is 15.0 Å². The van der Waals surface area contributed by atoms with Crippen LogP contribution in [0.3, 0.4) is 0 Å². The number of anilines is 1. The molecule has 1 saturated heterocycles. The van der Waals surface area contributed by atoms with Gasteiger partial charge in [0, 0.05) is 0 Å². The minimum Gasteiger partial charge on any atom is -0.393 e. The predicted molar refractivity (Wildman–Crippen MR) is 65.9 cm³/mol. The molecule has 19 heavy (non-hydrogen) atoms. The molecule has 8 nitrogen and oxygen atoms in total. The summed E-state index contributed by atoms with van der Waals surface area (Å²) < 4.78 is 7.10. The zero-order chi connectivity index (χ0) is 13.6. The van der Waals surface area contributed by atoms with E-state index in [1.165, 1.54) is 12.7 Å². The minimum atomic E-state index is -0.939. The summed E-state index contributed by atoms with van der Waals surface area (Å²) >= 11 is 0. The molecule has 0 spiro atoms. The Labute approximate surface area is 108 Å². The molecular formula is C11H13N5O3. The van der Waals surface area contributed by atoms with Gasteiger partial charge in [0.1, 0.15) is 24.1 Å². The number of imidazole rings is 1. The van der Waals surface area contributed by atoms with Gasteiger partial charge in [-0.05, 0) is 5.57 Å². The van der Waals surface area contributed by atoms with Gasteiger partial charge >= 0.3 is 0 Å². The fraction of sp³-hybridized carbons (Fsp3) is 0.364. The summed E-state index contributed by atoms with van der Waals surface area (Å²) in [5.41, 5.74) is 7.03. The van der Waals surface area contributed by atoms with Crippen molar-refractivity contribution in [2.45, 2.75) is 18.4 Å². The lowest BCUT2D eigenvalue weighted by Gasteiger charge is -2.15. The zero-order valence-corrected chi connectivity index (χ0v) is 9.97. The first kappa shape index (κ1) is 12.0. The molecule has 0 amide bonds. The molecule has 3 heterocycles. The number of nitrogens with zero attached hydrogens (tertiary/aromatic N) is 4. The van der Waals surface area contributed by atoms with E-state index in [0.29, 0.717) is 16.7 Å². The third-order valence-electron chi connectivity index (χ3n) is 3.19. The molecule has 3 rings (SSSR count). The number of nitrogen functional groups attached to an aromatic ring is 1. The highest BCUT2D eigenvalue weighted by Crippen LogP contribution is 2.34. The Morgan fingerprint density at radius 3 is 2.89 bits per heavy atom. The van der Waals surface area contributed by atoms with Crippen LogP contribution in [0.4, 0.5) is 5.82 Å². The fourth-order valence-electron chi connectivity index (χ4n) is 2.14. The van der Waals surface area contributed by atoms with Gasteiger partial charge in [0.25, 0.3) is 0 Å². The van der Waals surface area contributed by atoms with E-state index in [2.05, 4.69) is 21.5 Å². The number of hydrogen-bond donors (Lipinski definition) is 3. The maximum absolute atomic E-state index is 10.1. The van der Waals surface area contributed by atoms with Crippen molar-refractivity contribution < 1.29 is 14.9 Å². The van der Waals surface area contributed by atoms with Crippen LogP contribution in [0.15, 0.2) is 24.8 Å². The van der Waals surface area contributed by atoms with Gasteiger partial charge in [0.05, 0.1) is 12.9 Å². The van der Waals surface area contributed by atoms with E-state index in [1.807, 2.05) is 0 Å². The SMILES string of the molecule is C=C1[C@@H](O)[C@@H](n2cnc3c(N)ncnc32)O[C@@H]1CO. The quantitative estimate of drug-likeness (QED) is 0.608. The normalized spacial score (nSPS) is 27.3. The highest BCUT2D eigenvalue weighted by Gasteiger charge is 2.39. The second-order valence-electron chi connectivity index (χ2n) is 4.30. The molecular weight excluding hydrogens is 250 g/mol. The van der Waals surface area contributed by atoms with Crippen LogP contribution in [0.25, 0.3) is 11.2 Å². The fourth-order valence-corrected chi connectivity index (χ4v) is 2.14. The molecule has 1 fully saturated rings. The number of rotatable bonds is 2. The second-order valence-corrected chi connectivity index (χ2v) is 4.30. The molecule has 0 bridgehead atoms. The van der Waals surface area contributed by atoms with Crippen molar-refractivity contribution in [2.75, 3.05) is 12.3 Å². The van der Waals surface area contributed by atoms with E-state index < -0.39 is 18.4 Å². The number of hydrogen-bond acceptors (Lipinski definition) is 7. The number of aromatic nitrogens is 4. The van der Waals surface area contributed by atoms with E-state index in [0.717, 1.165) is 0 Å². The minimum absolute atomic E-state index is 0.240. The van der Waals surface area contributed by atoms with Crippen molar-refractivity contribution in [2.24, 2.45) is 0 Å². The molecule has 2 aromatic heterocycles. The summed E-state index contributed by atoms with van der Waals surface area (Å²) in [6.07, 6.45) is 0.512. The van der Waals surface area contributed by atoms with Crippen molar-refractivity contribution in [3.05, 3.63) is 24.8 Å². The Hall–Kier alpha value is -2.03. The van der Waals surface area contributed by atoms with Crippen molar-refractivity contribution in [1.82, 2.24) is 19.5 Å². The third-order valence-corrected chi connectivity index (χ3v) is 3.19. The molecule has 0 aromatic carbocycles. The third kappa shape index (κ3) is 1.69. The Bertz CT molecular complexity index is 640. The predicted octanol–water partition coefficient (Wildman–Crippen LogP) is -0.785. The van der Waals surface area contributed by atoms with Gasteiger partial charge in [0.15, 0.2) is 17.7 Å². The van der Waals surface area contributed by atoms with Crippen LogP contribution < -0.4 is 5.73 Å². The maximum atomic E-state index is 10.1. The molecule has 0 radical (unpaired) electrons. The van der Waals surface area contributed by atoms with Crippen molar-refractivity contribution >= 4 is 17.0 Å². The number of aliphatic hydroxyl groups is 2. The molecule has 1 aliphatic heterocycles. The Balaban J connectivity index is 2.06. The molecule has 0 unspecified atom stereocenters. The highest BCUT2D eigenvalue weighted by molar-refractivity contribution is 5.81. The molecule has 2 aromatic rings. The summed E-state index contributed by atoms with van der Waals surface area (Å²) in [4.78, 5) is 12.0. The molecule has 3 atom stereocenters. The van der Waals surface area contributed by atoms with E-state index in [-0.39, 0.29) is 12.4 Å². The number of nitrogens with two attached hydrogens (primary N) is 1. The van der Waals surface area contributed by atoms with Gasteiger partial charge in [-0.15, -0.1) is 0 Å². The number of aliphatic hydroxyl groups excluding tert-OH is 2. The van der Waals surface area contributed by atoms with Crippen LogP contribution in [0.5, 0.6) is 0 Å². The van der Waals surface area contributed by atoms with Crippen molar-refractivity contribution in [3.63, 3.8) is 0 Å². The monoisotopic (exact) mass is 263 g/mol. The largest absolute Gasteiger partial charge is 0.393 e. The summed E-state index contributed by atoms with van der Waals surface area (Å²) in [6, 6.07) is 0. The maximum Gasteiger partial charge on any atom is 0.167 e. The van der Waals surface area contributed by atoms with E-state index in [9.17, 15) is 5.11 Å². The average molecular weight is 263 g/mol. The summed E-state index contributed by atoms with van der Waals surface area (Å²) in [5.74, 6) is 0.258. The lowest BCUT2D eigenvalue weighted by atomic mass is 10.1. The molecule has 0 saturated carbocycles. The van der Waals surface area contributed by atoms with E-state index >= 15 is 0 Å².